The summed E-state index contributed by atoms with van der Waals surface area (Å²) in [6.07, 6.45) is 6.61. The smallest absolute Gasteiger partial charge is 0.239 e. The first-order valence-corrected chi connectivity index (χ1v) is 7.10. The first kappa shape index (κ1) is 13.5. The van der Waals surface area contributed by atoms with E-state index in [4.69, 9.17) is 0 Å². The quantitative estimate of drug-likeness (QED) is 0.898. The number of aryl methyl sites for hydroxylation is 1. The van der Waals surface area contributed by atoms with Gasteiger partial charge in [0.1, 0.15) is 5.82 Å². The summed E-state index contributed by atoms with van der Waals surface area (Å²) in [5.41, 5.74) is 1.06. The highest BCUT2D eigenvalue weighted by Crippen LogP contribution is 2.18. The molecule has 1 fully saturated rings. The van der Waals surface area contributed by atoms with Crippen molar-refractivity contribution in [1.82, 2.24) is 10.3 Å². The third-order valence-electron chi connectivity index (χ3n) is 3.22. The van der Waals surface area contributed by atoms with Gasteiger partial charge in [0.2, 0.25) is 5.91 Å². The van der Waals surface area contributed by atoms with Crippen LogP contribution in [0.4, 0.5) is 5.82 Å². The number of nitrogens with zero attached hydrogens (tertiary/aromatic N) is 1. The number of hydrogen-bond acceptors (Lipinski definition) is 3. The SMILES string of the molecule is Cc1cc(NC(=O)CNC2CCCC2)ncc1Br. The fourth-order valence-electron chi connectivity index (χ4n) is 2.16. The van der Waals surface area contributed by atoms with Crippen LogP contribution >= 0.6 is 15.9 Å². The van der Waals surface area contributed by atoms with Crippen molar-refractivity contribution < 1.29 is 4.79 Å². The summed E-state index contributed by atoms with van der Waals surface area (Å²) in [6, 6.07) is 2.37. The number of nitrogens with one attached hydrogen (secondary N) is 2. The molecule has 1 aromatic heterocycles. The molecule has 2 N–H and O–H groups in total. The number of aromatic nitrogens is 1. The second-order valence-corrected chi connectivity index (χ2v) is 5.58. The van der Waals surface area contributed by atoms with Crippen molar-refractivity contribution in [3.63, 3.8) is 0 Å². The molecule has 18 heavy (non-hydrogen) atoms. The minimum absolute atomic E-state index is 0.0314. The van der Waals surface area contributed by atoms with Gasteiger partial charge in [0.05, 0.1) is 6.54 Å². The lowest BCUT2D eigenvalue weighted by atomic mass is 10.2. The van der Waals surface area contributed by atoms with Crippen LogP contribution in [0.25, 0.3) is 0 Å². The number of rotatable bonds is 4. The Bertz CT molecular complexity index is 430. The molecule has 1 aliphatic carbocycles. The molecule has 4 nitrogen and oxygen atoms in total. The second-order valence-electron chi connectivity index (χ2n) is 4.73. The summed E-state index contributed by atoms with van der Waals surface area (Å²) >= 11 is 3.38. The van der Waals surface area contributed by atoms with Gasteiger partial charge in [-0.05, 0) is 47.3 Å². The normalized spacial score (nSPS) is 15.9. The maximum Gasteiger partial charge on any atom is 0.239 e. The van der Waals surface area contributed by atoms with Gasteiger partial charge in [-0.15, -0.1) is 0 Å². The monoisotopic (exact) mass is 311 g/mol. The van der Waals surface area contributed by atoms with Crippen LogP contribution in [0.3, 0.4) is 0 Å². The predicted molar refractivity (Wildman–Crippen MR) is 75.6 cm³/mol. The van der Waals surface area contributed by atoms with Crippen molar-refractivity contribution in [3.8, 4) is 0 Å². The molecule has 0 aromatic carbocycles. The Labute approximate surface area is 116 Å². The van der Waals surface area contributed by atoms with Crippen LogP contribution in [0, 0.1) is 6.92 Å². The Morgan fingerprint density at radius 2 is 2.22 bits per heavy atom. The van der Waals surface area contributed by atoms with Gasteiger partial charge in [0.15, 0.2) is 0 Å². The van der Waals surface area contributed by atoms with E-state index in [1.165, 1.54) is 25.7 Å². The van der Waals surface area contributed by atoms with E-state index < -0.39 is 0 Å². The first-order chi connectivity index (χ1) is 8.65. The van der Waals surface area contributed by atoms with Crippen molar-refractivity contribution in [2.75, 3.05) is 11.9 Å². The molecule has 1 saturated carbocycles. The van der Waals surface area contributed by atoms with Crippen LogP contribution in [0.5, 0.6) is 0 Å². The van der Waals surface area contributed by atoms with E-state index in [0.717, 1.165) is 10.0 Å². The molecule has 1 aromatic rings. The van der Waals surface area contributed by atoms with Crippen LogP contribution < -0.4 is 10.6 Å². The van der Waals surface area contributed by atoms with Gasteiger partial charge in [-0.1, -0.05) is 12.8 Å². The summed E-state index contributed by atoms with van der Waals surface area (Å²) in [5.74, 6) is 0.574. The summed E-state index contributed by atoms with van der Waals surface area (Å²) in [6.45, 7) is 2.33. The van der Waals surface area contributed by atoms with Crippen molar-refractivity contribution in [2.24, 2.45) is 0 Å². The van der Waals surface area contributed by atoms with Gasteiger partial charge in [-0.2, -0.15) is 0 Å². The highest BCUT2D eigenvalue weighted by Gasteiger charge is 2.15. The van der Waals surface area contributed by atoms with E-state index in [9.17, 15) is 4.79 Å². The van der Waals surface area contributed by atoms with Crippen molar-refractivity contribution in [1.29, 1.82) is 0 Å². The molecule has 0 radical (unpaired) electrons. The predicted octanol–water partition coefficient (Wildman–Crippen LogP) is 2.62. The van der Waals surface area contributed by atoms with Gasteiger partial charge in [-0.25, -0.2) is 4.98 Å². The van der Waals surface area contributed by atoms with Crippen molar-refractivity contribution in [2.45, 2.75) is 38.6 Å². The zero-order valence-electron chi connectivity index (χ0n) is 10.5. The topological polar surface area (TPSA) is 54.0 Å². The van der Waals surface area contributed by atoms with E-state index in [1.807, 2.05) is 13.0 Å². The van der Waals surface area contributed by atoms with E-state index in [1.54, 1.807) is 6.20 Å². The van der Waals surface area contributed by atoms with Gasteiger partial charge in [0, 0.05) is 16.7 Å². The fraction of sp³-hybridized carbons (Fsp3) is 0.538. The van der Waals surface area contributed by atoms with E-state index in [-0.39, 0.29) is 5.91 Å². The zero-order valence-corrected chi connectivity index (χ0v) is 12.1. The van der Waals surface area contributed by atoms with Gasteiger partial charge >= 0.3 is 0 Å². The Hall–Kier alpha value is -0.940. The minimum atomic E-state index is -0.0314. The molecule has 5 heteroatoms. The molecule has 0 aliphatic heterocycles. The molecule has 0 atom stereocenters. The van der Waals surface area contributed by atoms with E-state index in [2.05, 4.69) is 31.5 Å². The average molecular weight is 312 g/mol. The van der Waals surface area contributed by atoms with Crippen molar-refractivity contribution in [3.05, 3.63) is 22.3 Å². The molecule has 2 rings (SSSR count). The zero-order chi connectivity index (χ0) is 13.0. The van der Waals surface area contributed by atoms with Gasteiger partial charge in [0.25, 0.3) is 0 Å². The Kier molecular flexibility index (Phi) is 4.72. The number of pyridine rings is 1. The average Bonchev–Trinajstić information content (AvgIpc) is 2.84. The summed E-state index contributed by atoms with van der Waals surface area (Å²) in [4.78, 5) is 15.9. The molecule has 1 amide bonds. The highest BCUT2D eigenvalue weighted by atomic mass is 79.9. The van der Waals surface area contributed by atoms with Crippen LogP contribution in [0.2, 0.25) is 0 Å². The summed E-state index contributed by atoms with van der Waals surface area (Å²) < 4.78 is 0.949. The lowest BCUT2D eigenvalue weighted by molar-refractivity contribution is -0.115. The minimum Gasteiger partial charge on any atom is -0.310 e. The molecular weight excluding hydrogens is 294 g/mol. The van der Waals surface area contributed by atoms with E-state index >= 15 is 0 Å². The lowest BCUT2D eigenvalue weighted by Crippen LogP contribution is -2.34. The first-order valence-electron chi connectivity index (χ1n) is 6.30. The number of carbonyl (C=O) groups is 1. The Morgan fingerprint density at radius 3 is 2.89 bits per heavy atom. The van der Waals surface area contributed by atoms with Gasteiger partial charge < -0.3 is 10.6 Å². The van der Waals surface area contributed by atoms with Gasteiger partial charge in [-0.3, -0.25) is 4.79 Å². The summed E-state index contributed by atoms with van der Waals surface area (Å²) in [7, 11) is 0. The molecular formula is C13H18BrN3O. The third kappa shape index (κ3) is 3.78. The standard InChI is InChI=1S/C13H18BrN3O/c1-9-6-12(16-7-11(9)14)17-13(18)8-15-10-4-2-3-5-10/h6-7,10,15H,2-5,8H2,1H3,(H,16,17,18). The molecule has 0 unspecified atom stereocenters. The number of halogens is 1. The third-order valence-corrected chi connectivity index (χ3v) is 4.05. The highest BCUT2D eigenvalue weighted by molar-refractivity contribution is 9.10. The van der Waals surface area contributed by atoms with Crippen LogP contribution in [-0.4, -0.2) is 23.5 Å². The maximum absolute atomic E-state index is 11.7. The molecule has 0 bridgehead atoms. The van der Waals surface area contributed by atoms with Crippen LogP contribution in [-0.2, 0) is 4.79 Å². The largest absolute Gasteiger partial charge is 0.310 e. The number of carbonyl (C=O) groups excluding carboxylic acids is 1. The molecule has 0 spiro atoms. The molecule has 0 saturated heterocycles. The fourth-order valence-corrected chi connectivity index (χ4v) is 2.38. The molecule has 1 heterocycles. The van der Waals surface area contributed by atoms with Crippen LogP contribution in [0.1, 0.15) is 31.2 Å². The maximum atomic E-state index is 11.7. The number of hydrogen-bond donors (Lipinski definition) is 2. The summed E-state index contributed by atoms with van der Waals surface area (Å²) in [5, 5.41) is 6.08. The van der Waals surface area contributed by atoms with E-state index in [0.29, 0.717) is 18.4 Å². The Balaban J connectivity index is 1.80. The second kappa shape index (κ2) is 6.29. The molecule has 1 aliphatic rings. The number of amides is 1. The number of anilines is 1. The Morgan fingerprint density at radius 1 is 1.50 bits per heavy atom. The van der Waals surface area contributed by atoms with Crippen LogP contribution in [0.15, 0.2) is 16.7 Å². The molecule has 98 valence electrons. The lowest BCUT2D eigenvalue weighted by Gasteiger charge is -2.11. The van der Waals surface area contributed by atoms with Crippen molar-refractivity contribution >= 4 is 27.7 Å².